The zero-order chi connectivity index (χ0) is 13.7. The molecule has 1 N–H and O–H groups in total. The van der Waals surface area contributed by atoms with E-state index in [4.69, 9.17) is 4.74 Å². The summed E-state index contributed by atoms with van der Waals surface area (Å²) in [7, 11) is 0. The fourth-order valence-corrected chi connectivity index (χ4v) is 3.08. The van der Waals surface area contributed by atoms with E-state index in [1.807, 2.05) is 6.92 Å². The number of likely N-dealkylation sites (tertiary alicyclic amines) is 1. The van der Waals surface area contributed by atoms with E-state index >= 15 is 0 Å². The maximum Gasteiger partial charge on any atom is 0.409 e. The van der Waals surface area contributed by atoms with Crippen LogP contribution in [0.2, 0.25) is 0 Å². The molecule has 0 unspecified atom stereocenters. The maximum atomic E-state index is 11.6. The number of amides is 1. The summed E-state index contributed by atoms with van der Waals surface area (Å²) in [6.45, 7) is 3.69. The van der Waals surface area contributed by atoms with E-state index in [1.165, 1.54) is 0 Å². The average molecular weight is 265 g/mol. The van der Waals surface area contributed by atoms with Crippen LogP contribution in [0.25, 0.3) is 0 Å². The van der Waals surface area contributed by atoms with Crippen LogP contribution in [0.15, 0.2) is 0 Å². The first-order chi connectivity index (χ1) is 9.19. The van der Waals surface area contributed by atoms with E-state index in [-0.39, 0.29) is 11.6 Å². The molecule has 1 amide bonds. The Kier molecular flexibility index (Phi) is 4.65. The topological polar surface area (TPSA) is 65.4 Å². The highest BCUT2D eigenvalue weighted by Gasteiger charge is 2.36. The molecule has 0 bridgehead atoms. The molecule has 5 nitrogen and oxygen atoms in total. The Labute approximate surface area is 114 Å². The van der Waals surface area contributed by atoms with E-state index in [9.17, 15) is 10.1 Å². The molecule has 1 saturated carbocycles. The standard InChI is InChI=1S/C14H23N3O2/c1-2-19-13(18)17-9-5-12(6-10-17)16-14(11-15)7-3-4-8-14/h12,16H,2-10H2,1H3. The Hall–Kier alpha value is -1.28. The Morgan fingerprint density at radius 2 is 2.05 bits per heavy atom. The van der Waals surface area contributed by atoms with Crippen molar-refractivity contribution in [2.24, 2.45) is 0 Å². The van der Waals surface area contributed by atoms with Gasteiger partial charge in [0, 0.05) is 19.1 Å². The minimum absolute atomic E-state index is 0.211. The van der Waals surface area contributed by atoms with Crippen molar-refractivity contribution in [2.75, 3.05) is 19.7 Å². The van der Waals surface area contributed by atoms with E-state index in [0.29, 0.717) is 12.6 Å². The van der Waals surface area contributed by atoms with Crippen molar-refractivity contribution < 1.29 is 9.53 Å². The predicted octanol–water partition coefficient (Wildman–Crippen LogP) is 2.03. The maximum absolute atomic E-state index is 11.6. The fourth-order valence-electron chi connectivity index (χ4n) is 3.08. The summed E-state index contributed by atoms with van der Waals surface area (Å²) in [4.78, 5) is 13.4. The van der Waals surface area contributed by atoms with Crippen molar-refractivity contribution in [3.63, 3.8) is 0 Å². The molecule has 0 atom stereocenters. The lowest BCUT2D eigenvalue weighted by Gasteiger charge is -2.35. The Balaban J connectivity index is 1.80. The van der Waals surface area contributed by atoms with Crippen LogP contribution in [0.1, 0.15) is 45.4 Å². The Morgan fingerprint density at radius 3 is 2.58 bits per heavy atom. The van der Waals surface area contributed by atoms with Crippen molar-refractivity contribution in [2.45, 2.75) is 57.0 Å². The second kappa shape index (κ2) is 6.25. The van der Waals surface area contributed by atoms with Gasteiger partial charge in [0.25, 0.3) is 0 Å². The molecule has 0 aromatic rings. The van der Waals surface area contributed by atoms with E-state index in [2.05, 4.69) is 11.4 Å². The second-order valence-corrected chi connectivity index (χ2v) is 5.51. The Morgan fingerprint density at radius 1 is 1.42 bits per heavy atom. The normalized spacial score (nSPS) is 23.1. The Bertz CT molecular complexity index is 350. The van der Waals surface area contributed by atoms with Gasteiger partial charge in [-0.3, -0.25) is 5.32 Å². The van der Waals surface area contributed by atoms with Gasteiger partial charge < -0.3 is 9.64 Å². The molecule has 0 radical (unpaired) electrons. The highest BCUT2D eigenvalue weighted by atomic mass is 16.6. The van der Waals surface area contributed by atoms with Gasteiger partial charge in [0.05, 0.1) is 12.7 Å². The predicted molar refractivity (Wildman–Crippen MR) is 71.6 cm³/mol. The van der Waals surface area contributed by atoms with Crippen molar-refractivity contribution in [3.05, 3.63) is 0 Å². The lowest BCUT2D eigenvalue weighted by Crippen LogP contribution is -2.52. The molecule has 1 aliphatic carbocycles. The molecule has 19 heavy (non-hydrogen) atoms. The van der Waals surface area contributed by atoms with Gasteiger partial charge in [0.15, 0.2) is 0 Å². The highest BCUT2D eigenvalue weighted by Crippen LogP contribution is 2.30. The molecule has 0 aromatic carbocycles. The van der Waals surface area contributed by atoms with Crippen LogP contribution in [0.5, 0.6) is 0 Å². The van der Waals surface area contributed by atoms with Gasteiger partial charge in [-0.1, -0.05) is 12.8 Å². The number of rotatable bonds is 3. The first-order valence-corrected chi connectivity index (χ1v) is 7.30. The lowest BCUT2D eigenvalue weighted by atomic mass is 9.95. The molecule has 2 aliphatic rings. The smallest absolute Gasteiger partial charge is 0.409 e. The number of nitrogens with one attached hydrogen (secondary N) is 1. The van der Waals surface area contributed by atoms with Gasteiger partial charge >= 0.3 is 6.09 Å². The third-order valence-electron chi connectivity index (χ3n) is 4.17. The largest absolute Gasteiger partial charge is 0.450 e. The van der Waals surface area contributed by atoms with Gasteiger partial charge in [-0.25, -0.2) is 4.79 Å². The van der Waals surface area contributed by atoms with Crippen LogP contribution < -0.4 is 5.32 Å². The second-order valence-electron chi connectivity index (χ2n) is 5.51. The van der Waals surface area contributed by atoms with Crippen LogP contribution in [0, 0.1) is 11.3 Å². The van der Waals surface area contributed by atoms with Crippen LogP contribution in [-0.4, -0.2) is 42.3 Å². The van der Waals surface area contributed by atoms with Crippen LogP contribution in [0.4, 0.5) is 4.79 Å². The molecule has 1 aliphatic heterocycles. The van der Waals surface area contributed by atoms with Crippen LogP contribution in [-0.2, 0) is 4.74 Å². The van der Waals surface area contributed by atoms with Gasteiger partial charge in [0.1, 0.15) is 5.54 Å². The van der Waals surface area contributed by atoms with Crippen molar-refractivity contribution >= 4 is 6.09 Å². The zero-order valence-corrected chi connectivity index (χ0v) is 11.7. The van der Waals surface area contributed by atoms with Gasteiger partial charge in [-0.15, -0.1) is 0 Å². The van der Waals surface area contributed by atoms with E-state index in [1.54, 1.807) is 4.90 Å². The van der Waals surface area contributed by atoms with Crippen LogP contribution in [0.3, 0.4) is 0 Å². The van der Waals surface area contributed by atoms with Gasteiger partial charge in [-0.05, 0) is 32.6 Å². The number of carbonyl (C=O) groups excluding carboxylic acids is 1. The summed E-state index contributed by atoms with van der Waals surface area (Å²) < 4.78 is 5.01. The number of nitrogens with zero attached hydrogens (tertiary/aromatic N) is 2. The third-order valence-corrected chi connectivity index (χ3v) is 4.17. The lowest BCUT2D eigenvalue weighted by molar-refractivity contribution is 0.0932. The average Bonchev–Trinajstić information content (AvgIpc) is 2.89. The minimum Gasteiger partial charge on any atom is -0.450 e. The van der Waals surface area contributed by atoms with E-state index < -0.39 is 0 Å². The summed E-state index contributed by atoms with van der Waals surface area (Å²) in [5.74, 6) is 0. The molecule has 1 heterocycles. The third kappa shape index (κ3) is 3.38. The molecular formula is C14H23N3O2. The molecule has 1 saturated heterocycles. The first kappa shape index (κ1) is 14.1. The van der Waals surface area contributed by atoms with Crippen molar-refractivity contribution in [1.82, 2.24) is 10.2 Å². The molecule has 0 spiro atoms. The fraction of sp³-hybridized carbons (Fsp3) is 0.857. The molecule has 106 valence electrons. The zero-order valence-electron chi connectivity index (χ0n) is 11.7. The van der Waals surface area contributed by atoms with Crippen molar-refractivity contribution in [1.29, 1.82) is 5.26 Å². The molecular weight excluding hydrogens is 242 g/mol. The molecule has 5 heteroatoms. The van der Waals surface area contributed by atoms with Crippen molar-refractivity contribution in [3.8, 4) is 6.07 Å². The monoisotopic (exact) mass is 265 g/mol. The SMILES string of the molecule is CCOC(=O)N1CCC(NC2(C#N)CCCC2)CC1. The number of ether oxygens (including phenoxy) is 1. The summed E-state index contributed by atoms with van der Waals surface area (Å²) >= 11 is 0. The number of hydrogen-bond acceptors (Lipinski definition) is 4. The van der Waals surface area contributed by atoms with E-state index in [0.717, 1.165) is 51.6 Å². The summed E-state index contributed by atoms with van der Waals surface area (Å²) in [6, 6.07) is 2.81. The number of nitriles is 1. The molecule has 2 rings (SSSR count). The first-order valence-electron chi connectivity index (χ1n) is 7.30. The van der Waals surface area contributed by atoms with Gasteiger partial charge in [0.2, 0.25) is 0 Å². The number of carbonyl (C=O) groups is 1. The molecule has 0 aromatic heterocycles. The number of hydrogen-bond donors (Lipinski definition) is 1. The van der Waals surface area contributed by atoms with Gasteiger partial charge in [-0.2, -0.15) is 5.26 Å². The quantitative estimate of drug-likeness (QED) is 0.848. The summed E-state index contributed by atoms with van der Waals surface area (Å²) in [6.07, 6.45) is 5.80. The summed E-state index contributed by atoms with van der Waals surface area (Å²) in [5.41, 5.74) is -0.309. The highest BCUT2D eigenvalue weighted by molar-refractivity contribution is 5.67. The molecule has 2 fully saturated rings. The minimum atomic E-state index is -0.309. The number of piperidine rings is 1. The van der Waals surface area contributed by atoms with Crippen LogP contribution >= 0.6 is 0 Å². The summed E-state index contributed by atoms with van der Waals surface area (Å²) in [5, 5.41) is 12.9.